The van der Waals surface area contributed by atoms with Crippen molar-refractivity contribution in [2.24, 2.45) is 0 Å². The third-order valence-corrected chi connectivity index (χ3v) is 5.62. The van der Waals surface area contributed by atoms with Gasteiger partial charge in [-0.2, -0.15) is 13.2 Å². The second-order valence-corrected chi connectivity index (χ2v) is 8.07. The number of halogens is 3. The predicted octanol–water partition coefficient (Wildman–Crippen LogP) is 4.58. The summed E-state index contributed by atoms with van der Waals surface area (Å²) in [5.41, 5.74) is 2.15. The van der Waals surface area contributed by atoms with Gasteiger partial charge in [-0.25, -0.2) is 4.98 Å². The lowest BCUT2D eigenvalue weighted by Gasteiger charge is -2.26. The molecule has 1 aliphatic heterocycles. The number of rotatable bonds is 5. The van der Waals surface area contributed by atoms with Gasteiger partial charge in [0.25, 0.3) is 5.91 Å². The summed E-state index contributed by atoms with van der Waals surface area (Å²) in [5, 5.41) is 5.61. The number of amides is 2. The second-order valence-electron chi connectivity index (χ2n) is 8.07. The molecule has 7 nitrogen and oxygen atoms in total. The van der Waals surface area contributed by atoms with Gasteiger partial charge in [0.05, 0.1) is 29.2 Å². The van der Waals surface area contributed by atoms with E-state index in [-0.39, 0.29) is 17.5 Å². The number of nitrogens with zero attached hydrogens (tertiary/aromatic N) is 1. The Kier molecular flexibility index (Phi) is 5.64. The van der Waals surface area contributed by atoms with Gasteiger partial charge in [-0.3, -0.25) is 9.59 Å². The Bertz CT molecular complexity index is 1400. The Balaban J connectivity index is 1.40. The molecule has 178 valence electrons. The Labute approximate surface area is 197 Å². The zero-order valence-corrected chi connectivity index (χ0v) is 18.1. The average Bonchev–Trinajstić information content (AvgIpc) is 3.28. The smallest absolute Gasteiger partial charge is 0.449 e. The monoisotopic (exact) mass is 480 g/mol. The number of anilines is 1. The van der Waals surface area contributed by atoms with Gasteiger partial charge in [0.2, 0.25) is 11.7 Å². The molecule has 2 atom stereocenters. The van der Waals surface area contributed by atoms with Crippen LogP contribution in [0.15, 0.2) is 72.8 Å². The van der Waals surface area contributed by atoms with Crippen LogP contribution in [0.2, 0.25) is 0 Å². The molecule has 2 unspecified atom stereocenters. The van der Waals surface area contributed by atoms with E-state index in [9.17, 15) is 22.8 Å². The first-order valence-corrected chi connectivity index (χ1v) is 10.8. The summed E-state index contributed by atoms with van der Waals surface area (Å²) in [6.07, 6.45) is -5.87. The van der Waals surface area contributed by atoms with Crippen LogP contribution in [0.25, 0.3) is 11.0 Å². The minimum atomic E-state index is -4.61. The number of benzene rings is 3. The molecule has 2 heterocycles. The minimum Gasteiger partial charge on any atom is -0.478 e. The largest absolute Gasteiger partial charge is 0.478 e. The fraction of sp³-hybridized carbons (Fsp3) is 0.160. The number of carbonyl (C=O) groups is 2. The fourth-order valence-electron chi connectivity index (χ4n) is 3.96. The van der Waals surface area contributed by atoms with E-state index in [2.05, 4.69) is 20.6 Å². The quantitative estimate of drug-likeness (QED) is 0.390. The van der Waals surface area contributed by atoms with Gasteiger partial charge in [-0.1, -0.05) is 48.5 Å². The number of fused-ring (bicyclic) bond motifs is 2. The molecule has 0 bridgehead atoms. The highest BCUT2D eigenvalue weighted by Crippen LogP contribution is 2.32. The molecule has 3 N–H and O–H groups in total. The van der Waals surface area contributed by atoms with E-state index in [0.29, 0.717) is 17.0 Å². The molecular weight excluding hydrogens is 461 g/mol. The maximum atomic E-state index is 13.1. The molecule has 0 saturated carbocycles. The van der Waals surface area contributed by atoms with Gasteiger partial charge in [-0.05, 0) is 35.4 Å². The molecule has 0 radical (unpaired) electrons. The number of carbonyl (C=O) groups excluding carboxylic acids is 2. The Hall–Kier alpha value is -4.34. The molecule has 5 rings (SSSR count). The number of aromatic nitrogens is 2. The maximum absolute atomic E-state index is 13.1. The molecule has 1 aromatic heterocycles. The third kappa shape index (κ3) is 4.68. The molecule has 4 aromatic rings. The van der Waals surface area contributed by atoms with Crippen molar-refractivity contribution in [3.8, 4) is 5.75 Å². The van der Waals surface area contributed by atoms with Crippen LogP contribution in [0.4, 0.5) is 18.9 Å². The van der Waals surface area contributed by atoms with Crippen LogP contribution in [0.1, 0.15) is 29.4 Å². The van der Waals surface area contributed by atoms with Crippen LogP contribution in [-0.2, 0) is 15.8 Å². The van der Waals surface area contributed by atoms with Crippen LogP contribution >= 0.6 is 0 Å². The molecule has 1 aliphatic rings. The fourth-order valence-corrected chi connectivity index (χ4v) is 3.96. The number of H-pyrrole nitrogens is 1. The summed E-state index contributed by atoms with van der Waals surface area (Å²) in [6, 6.07) is 19.8. The van der Waals surface area contributed by atoms with Gasteiger partial charge in [0.15, 0.2) is 6.10 Å². The Morgan fingerprint density at radius 1 is 1.03 bits per heavy atom. The highest BCUT2D eigenvalue weighted by molar-refractivity contribution is 6.00. The maximum Gasteiger partial charge on any atom is 0.449 e. The van der Waals surface area contributed by atoms with Gasteiger partial charge < -0.3 is 20.4 Å². The van der Waals surface area contributed by atoms with E-state index in [0.717, 1.165) is 5.56 Å². The van der Waals surface area contributed by atoms with Crippen molar-refractivity contribution in [2.45, 2.75) is 24.7 Å². The van der Waals surface area contributed by atoms with Crippen molar-refractivity contribution < 1.29 is 27.5 Å². The number of imidazole rings is 1. The van der Waals surface area contributed by atoms with Crippen LogP contribution < -0.4 is 15.4 Å². The van der Waals surface area contributed by atoms with Crippen LogP contribution in [0.3, 0.4) is 0 Å². The molecule has 0 aliphatic carbocycles. The molecule has 10 heteroatoms. The van der Waals surface area contributed by atoms with E-state index in [1.165, 1.54) is 12.1 Å². The predicted molar refractivity (Wildman–Crippen MR) is 122 cm³/mol. The highest BCUT2D eigenvalue weighted by Gasteiger charge is 2.35. The standard InChI is InChI=1S/C25H19F3N4O3/c26-25(27,28)24-30-16-11-10-15(12-18(16)31-24)22(14-6-2-1-3-7-14)32-21(33)13-20-23(34)29-17-8-4-5-9-19(17)35-20/h1-12,20,22H,13H2,(H,29,34)(H,30,31)(H,32,33). The van der Waals surface area contributed by atoms with Crippen LogP contribution in [-0.4, -0.2) is 27.9 Å². The zero-order valence-electron chi connectivity index (χ0n) is 18.1. The molecule has 0 saturated heterocycles. The lowest BCUT2D eigenvalue weighted by atomic mass is 9.98. The Morgan fingerprint density at radius 2 is 1.77 bits per heavy atom. The third-order valence-electron chi connectivity index (χ3n) is 5.62. The molecule has 0 spiro atoms. The lowest BCUT2D eigenvalue weighted by molar-refractivity contribution is -0.144. The van der Waals surface area contributed by atoms with E-state index >= 15 is 0 Å². The topological polar surface area (TPSA) is 96.1 Å². The van der Waals surface area contributed by atoms with E-state index in [1.54, 1.807) is 54.6 Å². The molecular formula is C25H19F3N4O3. The minimum absolute atomic E-state index is 0.158. The van der Waals surface area contributed by atoms with Crippen molar-refractivity contribution in [1.29, 1.82) is 0 Å². The summed E-state index contributed by atoms with van der Waals surface area (Å²) in [6.45, 7) is 0. The summed E-state index contributed by atoms with van der Waals surface area (Å²) in [7, 11) is 0. The number of hydrogen-bond donors (Lipinski definition) is 3. The van der Waals surface area contributed by atoms with Crippen molar-refractivity contribution in [3.05, 3.63) is 89.7 Å². The van der Waals surface area contributed by atoms with Gasteiger partial charge in [0, 0.05) is 0 Å². The van der Waals surface area contributed by atoms with Crippen molar-refractivity contribution >= 4 is 28.5 Å². The van der Waals surface area contributed by atoms with E-state index in [4.69, 9.17) is 4.74 Å². The van der Waals surface area contributed by atoms with Crippen molar-refractivity contribution in [2.75, 3.05) is 5.32 Å². The highest BCUT2D eigenvalue weighted by atomic mass is 19.4. The number of hydrogen-bond acceptors (Lipinski definition) is 4. The molecule has 0 fully saturated rings. The molecule has 3 aromatic carbocycles. The molecule has 2 amide bonds. The SMILES string of the molecule is O=C(CC1Oc2ccccc2NC1=O)NC(c1ccccc1)c1ccc2nc(C(F)(F)F)[nH]c2c1. The van der Waals surface area contributed by atoms with E-state index in [1.807, 2.05) is 6.07 Å². The van der Waals surface area contributed by atoms with E-state index < -0.39 is 36.0 Å². The first kappa shape index (κ1) is 22.5. The zero-order chi connectivity index (χ0) is 24.6. The van der Waals surface area contributed by atoms with Gasteiger partial charge in [-0.15, -0.1) is 0 Å². The van der Waals surface area contributed by atoms with Crippen molar-refractivity contribution in [3.63, 3.8) is 0 Å². The number of aromatic amines is 1. The normalized spacial score (nSPS) is 16.2. The van der Waals surface area contributed by atoms with Crippen LogP contribution in [0, 0.1) is 0 Å². The first-order chi connectivity index (χ1) is 16.8. The Morgan fingerprint density at radius 3 is 2.54 bits per heavy atom. The summed E-state index contributed by atoms with van der Waals surface area (Å²) in [5.74, 6) is -1.52. The van der Waals surface area contributed by atoms with Crippen LogP contribution in [0.5, 0.6) is 5.75 Å². The second kappa shape index (κ2) is 8.79. The summed E-state index contributed by atoms with van der Waals surface area (Å²) in [4.78, 5) is 31.3. The number of alkyl halides is 3. The summed E-state index contributed by atoms with van der Waals surface area (Å²) < 4.78 is 44.9. The van der Waals surface area contributed by atoms with Crippen molar-refractivity contribution in [1.82, 2.24) is 15.3 Å². The summed E-state index contributed by atoms with van der Waals surface area (Å²) >= 11 is 0. The number of para-hydroxylation sites is 2. The number of nitrogens with one attached hydrogen (secondary N) is 3. The molecule has 35 heavy (non-hydrogen) atoms. The first-order valence-electron chi connectivity index (χ1n) is 10.8. The average molecular weight is 480 g/mol. The van der Waals surface area contributed by atoms with Gasteiger partial charge in [0.1, 0.15) is 5.75 Å². The number of ether oxygens (including phenoxy) is 1. The lowest BCUT2D eigenvalue weighted by Crippen LogP contribution is -2.41. The van der Waals surface area contributed by atoms with Gasteiger partial charge >= 0.3 is 6.18 Å².